The summed E-state index contributed by atoms with van der Waals surface area (Å²) in [6.45, 7) is 5.17. The fraction of sp³-hybridized carbons (Fsp3) is 0.750. The van der Waals surface area contributed by atoms with Crippen LogP contribution in [0.3, 0.4) is 0 Å². The fourth-order valence-corrected chi connectivity index (χ4v) is 2.43. The highest BCUT2D eigenvalue weighted by atomic mass is 16.4. The molecule has 0 bridgehead atoms. The summed E-state index contributed by atoms with van der Waals surface area (Å²) in [4.78, 5) is 35.7. The van der Waals surface area contributed by atoms with Crippen LogP contribution in [0.25, 0.3) is 0 Å². The molecule has 0 saturated carbocycles. The van der Waals surface area contributed by atoms with Crippen LogP contribution in [0.1, 0.15) is 33.6 Å². The van der Waals surface area contributed by atoms with E-state index in [1.165, 1.54) is 11.8 Å². The molecule has 1 aliphatic rings. The minimum atomic E-state index is -0.981. The van der Waals surface area contributed by atoms with E-state index in [4.69, 9.17) is 0 Å². The van der Waals surface area contributed by atoms with E-state index in [9.17, 15) is 19.5 Å². The van der Waals surface area contributed by atoms with Gasteiger partial charge in [-0.05, 0) is 25.7 Å². The van der Waals surface area contributed by atoms with Gasteiger partial charge in [-0.15, -0.1) is 0 Å². The van der Waals surface area contributed by atoms with Crippen molar-refractivity contribution in [3.63, 3.8) is 0 Å². The van der Waals surface area contributed by atoms with E-state index in [-0.39, 0.29) is 17.7 Å². The van der Waals surface area contributed by atoms with Gasteiger partial charge in [0.25, 0.3) is 0 Å². The average Bonchev–Trinajstić information content (AvgIpc) is 2.26. The maximum absolute atomic E-state index is 12.1. The van der Waals surface area contributed by atoms with Gasteiger partial charge in [-0.2, -0.15) is 0 Å². The van der Waals surface area contributed by atoms with E-state index >= 15 is 0 Å². The van der Waals surface area contributed by atoms with Crippen LogP contribution in [-0.4, -0.2) is 46.4 Å². The molecule has 102 valence electrons. The lowest BCUT2D eigenvalue weighted by Crippen LogP contribution is -2.56. The maximum atomic E-state index is 12.1. The predicted molar refractivity (Wildman–Crippen MR) is 64.8 cm³/mol. The zero-order chi connectivity index (χ0) is 13.9. The molecule has 18 heavy (non-hydrogen) atoms. The molecule has 1 rings (SSSR count). The van der Waals surface area contributed by atoms with E-state index < -0.39 is 18.1 Å². The van der Waals surface area contributed by atoms with Crippen molar-refractivity contribution in [3.8, 4) is 0 Å². The fourth-order valence-electron chi connectivity index (χ4n) is 2.43. The highest BCUT2D eigenvalue weighted by Gasteiger charge is 2.38. The average molecular weight is 256 g/mol. The number of hydrogen-bond acceptors (Lipinski definition) is 3. The lowest BCUT2D eigenvalue weighted by Gasteiger charge is -2.38. The molecule has 0 radical (unpaired) electrons. The number of carbonyl (C=O) groups is 3. The third-order valence-corrected chi connectivity index (χ3v) is 3.26. The third-order valence-electron chi connectivity index (χ3n) is 3.26. The van der Waals surface area contributed by atoms with Crippen LogP contribution < -0.4 is 5.32 Å². The standard InChI is InChI=1S/C12H20N2O4/c1-7-5-4-6-14(10(7)12(17)18)11(16)8(2)13-9(3)15/h7-8,10H,4-6H2,1-3H3,(H,13,15)(H,17,18). The van der Waals surface area contributed by atoms with Crippen molar-refractivity contribution in [2.24, 2.45) is 5.92 Å². The molecule has 6 heteroatoms. The molecular formula is C12H20N2O4. The lowest BCUT2D eigenvalue weighted by molar-refractivity contribution is -0.155. The lowest BCUT2D eigenvalue weighted by atomic mass is 9.90. The van der Waals surface area contributed by atoms with E-state index in [1.54, 1.807) is 6.92 Å². The molecule has 0 aromatic carbocycles. The van der Waals surface area contributed by atoms with E-state index in [2.05, 4.69) is 5.32 Å². The first-order chi connectivity index (χ1) is 8.34. The van der Waals surface area contributed by atoms with Crippen molar-refractivity contribution in [3.05, 3.63) is 0 Å². The topological polar surface area (TPSA) is 86.7 Å². The van der Waals surface area contributed by atoms with Crippen molar-refractivity contribution in [1.29, 1.82) is 0 Å². The molecule has 1 saturated heterocycles. The van der Waals surface area contributed by atoms with Crippen molar-refractivity contribution < 1.29 is 19.5 Å². The molecule has 0 aromatic heterocycles. The molecule has 1 aliphatic heterocycles. The number of rotatable bonds is 3. The second-order valence-corrected chi connectivity index (χ2v) is 4.86. The zero-order valence-corrected chi connectivity index (χ0v) is 11.0. The van der Waals surface area contributed by atoms with Crippen LogP contribution in [0.5, 0.6) is 0 Å². The van der Waals surface area contributed by atoms with E-state index in [1.807, 2.05) is 6.92 Å². The summed E-state index contributed by atoms with van der Waals surface area (Å²) in [5.41, 5.74) is 0. The summed E-state index contributed by atoms with van der Waals surface area (Å²) in [7, 11) is 0. The van der Waals surface area contributed by atoms with Crippen molar-refractivity contribution >= 4 is 17.8 Å². The van der Waals surface area contributed by atoms with Crippen LogP contribution in [0.4, 0.5) is 0 Å². The minimum Gasteiger partial charge on any atom is -0.480 e. The van der Waals surface area contributed by atoms with Gasteiger partial charge >= 0.3 is 5.97 Å². The van der Waals surface area contributed by atoms with Crippen LogP contribution in [0.2, 0.25) is 0 Å². The first-order valence-corrected chi connectivity index (χ1v) is 6.15. The Bertz CT molecular complexity index is 356. The highest BCUT2D eigenvalue weighted by molar-refractivity contribution is 5.90. The van der Waals surface area contributed by atoms with Gasteiger partial charge in [0.1, 0.15) is 12.1 Å². The Labute approximate surface area is 106 Å². The van der Waals surface area contributed by atoms with Crippen molar-refractivity contribution in [2.45, 2.75) is 45.7 Å². The van der Waals surface area contributed by atoms with Gasteiger partial charge in [0.2, 0.25) is 11.8 Å². The Morgan fingerprint density at radius 1 is 1.39 bits per heavy atom. The van der Waals surface area contributed by atoms with Gasteiger partial charge in [0.15, 0.2) is 0 Å². The number of carboxylic acid groups (broad SMARTS) is 1. The highest BCUT2D eigenvalue weighted by Crippen LogP contribution is 2.24. The molecule has 0 aromatic rings. The van der Waals surface area contributed by atoms with Crippen LogP contribution in [0.15, 0.2) is 0 Å². The van der Waals surface area contributed by atoms with Gasteiger partial charge in [-0.25, -0.2) is 4.79 Å². The number of nitrogens with one attached hydrogen (secondary N) is 1. The number of likely N-dealkylation sites (tertiary alicyclic amines) is 1. The Balaban J connectivity index is 2.81. The van der Waals surface area contributed by atoms with Gasteiger partial charge in [-0.3, -0.25) is 9.59 Å². The number of aliphatic carboxylic acids is 1. The minimum absolute atomic E-state index is 0.0651. The molecular weight excluding hydrogens is 236 g/mol. The second kappa shape index (κ2) is 5.84. The largest absolute Gasteiger partial charge is 0.480 e. The Morgan fingerprint density at radius 3 is 2.50 bits per heavy atom. The summed E-state index contributed by atoms with van der Waals surface area (Å²) >= 11 is 0. The summed E-state index contributed by atoms with van der Waals surface area (Å²) in [5.74, 6) is -1.67. The van der Waals surface area contributed by atoms with Gasteiger partial charge in [-0.1, -0.05) is 6.92 Å². The molecule has 1 heterocycles. The number of amides is 2. The van der Waals surface area contributed by atoms with Crippen molar-refractivity contribution in [2.75, 3.05) is 6.54 Å². The van der Waals surface area contributed by atoms with Gasteiger partial charge < -0.3 is 15.3 Å². The Hall–Kier alpha value is -1.59. The first-order valence-electron chi connectivity index (χ1n) is 6.15. The summed E-state index contributed by atoms with van der Waals surface area (Å²) in [6, 6.07) is -1.47. The third kappa shape index (κ3) is 3.21. The quantitative estimate of drug-likeness (QED) is 0.756. The molecule has 2 N–H and O–H groups in total. The number of carbonyl (C=O) groups excluding carboxylic acids is 2. The number of hydrogen-bond donors (Lipinski definition) is 2. The van der Waals surface area contributed by atoms with Gasteiger partial charge in [0, 0.05) is 13.5 Å². The first kappa shape index (κ1) is 14.5. The maximum Gasteiger partial charge on any atom is 0.326 e. The summed E-state index contributed by atoms with van der Waals surface area (Å²) < 4.78 is 0. The second-order valence-electron chi connectivity index (χ2n) is 4.86. The molecule has 0 aliphatic carbocycles. The number of piperidine rings is 1. The zero-order valence-electron chi connectivity index (χ0n) is 11.0. The number of carboxylic acids is 1. The predicted octanol–water partition coefficient (Wildman–Crippen LogP) is 0.223. The van der Waals surface area contributed by atoms with Crippen LogP contribution in [0, 0.1) is 5.92 Å². The normalized spacial score (nSPS) is 25.4. The molecule has 0 spiro atoms. The molecule has 6 nitrogen and oxygen atoms in total. The van der Waals surface area contributed by atoms with E-state index in [0.717, 1.165) is 12.8 Å². The molecule has 3 unspecified atom stereocenters. The summed E-state index contributed by atoms with van der Waals surface area (Å²) in [6.07, 6.45) is 1.60. The van der Waals surface area contributed by atoms with Crippen molar-refractivity contribution in [1.82, 2.24) is 10.2 Å². The molecule has 1 fully saturated rings. The molecule has 2 amide bonds. The monoisotopic (exact) mass is 256 g/mol. The van der Waals surface area contributed by atoms with Crippen LogP contribution >= 0.6 is 0 Å². The Kier molecular flexibility index (Phi) is 4.69. The SMILES string of the molecule is CC(=O)NC(C)C(=O)N1CCCC(C)C1C(=O)O. The number of nitrogens with zero attached hydrogens (tertiary/aromatic N) is 1. The molecule has 3 atom stereocenters. The van der Waals surface area contributed by atoms with Gasteiger partial charge in [0.05, 0.1) is 0 Å². The van der Waals surface area contributed by atoms with Crippen LogP contribution in [-0.2, 0) is 14.4 Å². The smallest absolute Gasteiger partial charge is 0.326 e. The summed E-state index contributed by atoms with van der Waals surface area (Å²) in [5, 5.41) is 11.7. The Morgan fingerprint density at radius 2 is 2.00 bits per heavy atom. The van der Waals surface area contributed by atoms with E-state index in [0.29, 0.717) is 6.54 Å².